The molecule has 0 fully saturated rings. The fourth-order valence-corrected chi connectivity index (χ4v) is 5.13. The summed E-state index contributed by atoms with van der Waals surface area (Å²) in [6.45, 7) is 1.90. The van der Waals surface area contributed by atoms with E-state index in [0.717, 1.165) is 11.1 Å². The summed E-state index contributed by atoms with van der Waals surface area (Å²) in [5, 5.41) is 0. The summed E-state index contributed by atoms with van der Waals surface area (Å²) < 4.78 is 28.3. The van der Waals surface area contributed by atoms with Gasteiger partial charge in [-0.25, -0.2) is 8.42 Å². The number of aryl methyl sites for hydroxylation is 1. The minimum Gasteiger partial charge on any atom is -0.672 e. The molecule has 0 aliphatic carbocycles. The average Bonchev–Trinajstić information content (AvgIpc) is 3.05. The van der Waals surface area contributed by atoms with Crippen LogP contribution in [0.4, 0.5) is 0 Å². The Morgan fingerprint density at radius 1 is 0.532 bits per heavy atom. The molecule has 0 spiro atoms. The topological polar surface area (TPSA) is 72.0 Å². The van der Waals surface area contributed by atoms with Gasteiger partial charge in [-0.2, -0.15) is 0 Å². The fraction of sp³-hybridized carbons (Fsp3) is 0.143. The van der Waals surface area contributed by atoms with E-state index in [-0.39, 0.29) is 24.7 Å². The first-order valence-electron chi connectivity index (χ1n) is 13.7. The minimum absolute atomic E-state index is 0. The van der Waals surface area contributed by atoms with Crippen LogP contribution < -0.4 is 0 Å². The molecule has 0 aromatic heterocycles. The predicted octanol–water partition coefficient (Wildman–Crippen LogP) is 12.9. The molecule has 0 heterocycles. The monoisotopic (exact) mass is 946 g/mol. The number of benzene rings is 5. The van der Waals surface area contributed by atoms with Gasteiger partial charge in [-0.1, -0.05) is 220 Å². The quantitative estimate of drug-likeness (QED) is 0.153. The SMILES string of the molecule is Cc1ccc(S(=O)(=O)[N-][C@@H](c2ccccc2)[C@@H]([NH-])c2ccccc2)cc1.ClC(Cl)Cl.ClC(Cl)Cl.[Os+2].c1ccc(-c2ccccc2)cc1. The third-order valence-corrected chi connectivity index (χ3v) is 7.44. The Morgan fingerprint density at radius 3 is 1.21 bits per heavy atom. The van der Waals surface area contributed by atoms with Crippen LogP contribution in [0.15, 0.2) is 150 Å². The van der Waals surface area contributed by atoms with E-state index in [0.29, 0.717) is 5.56 Å². The van der Waals surface area contributed by atoms with Gasteiger partial charge >= 0.3 is 19.8 Å². The molecule has 47 heavy (non-hydrogen) atoms. The Labute approximate surface area is 321 Å². The third kappa shape index (κ3) is 17.5. The first kappa shape index (κ1) is 43.4. The maximum absolute atomic E-state index is 12.8. The largest absolute Gasteiger partial charge is 2.00 e. The zero-order chi connectivity index (χ0) is 34.0. The molecule has 0 bridgehead atoms. The maximum atomic E-state index is 12.8. The van der Waals surface area contributed by atoms with E-state index in [1.54, 1.807) is 24.3 Å². The molecule has 5 aromatic rings. The summed E-state index contributed by atoms with van der Waals surface area (Å²) in [5.41, 5.74) is 13.6. The van der Waals surface area contributed by atoms with Crippen LogP contribution in [-0.4, -0.2) is 17.0 Å². The number of sulfonamides is 1. The summed E-state index contributed by atoms with van der Waals surface area (Å²) >= 11 is 28.8. The molecule has 0 unspecified atom stereocenters. The first-order valence-corrected chi connectivity index (χ1v) is 17.8. The second-order valence-electron chi connectivity index (χ2n) is 9.36. The number of hydrogen-bond acceptors (Lipinski definition) is 2. The molecule has 2 atom stereocenters. The second kappa shape index (κ2) is 23.7. The Hall–Kier alpha value is -1.65. The van der Waals surface area contributed by atoms with Crippen molar-refractivity contribution in [2.75, 3.05) is 0 Å². The van der Waals surface area contributed by atoms with Crippen molar-refractivity contribution in [3.63, 3.8) is 0 Å². The first-order chi connectivity index (χ1) is 21.9. The fourth-order valence-electron chi connectivity index (χ4n) is 3.99. The molecule has 5 aromatic carbocycles. The van der Waals surface area contributed by atoms with Crippen molar-refractivity contribution in [2.24, 2.45) is 0 Å². The third-order valence-electron chi connectivity index (χ3n) is 6.07. The number of nitrogens with zero attached hydrogens (tertiary/aromatic N) is 1. The summed E-state index contributed by atoms with van der Waals surface area (Å²) in [6, 6.07) is 44.1. The normalized spacial score (nSPS) is 11.7. The smallest absolute Gasteiger partial charge is 0.672 e. The molecule has 5 rings (SSSR count). The number of nitrogens with one attached hydrogen (secondary N) is 1. The van der Waals surface area contributed by atoms with Gasteiger partial charge < -0.3 is 10.5 Å². The van der Waals surface area contributed by atoms with Gasteiger partial charge in [0.2, 0.25) is 0 Å². The summed E-state index contributed by atoms with van der Waals surface area (Å²) in [4.78, 5) is 0.143. The molecule has 250 valence electrons. The van der Waals surface area contributed by atoms with Crippen LogP contribution in [0.25, 0.3) is 21.6 Å². The molecule has 0 saturated heterocycles. The number of rotatable bonds is 7. The minimum atomic E-state index is -3.87. The molecular formula is C35H32Cl6N2O2OsS. The molecular weight excluding hydrogens is 915 g/mol. The van der Waals surface area contributed by atoms with E-state index in [1.807, 2.05) is 79.7 Å². The molecule has 0 radical (unpaired) electrons. The number of hydrogen-bond donors (Lipinski definition) is 0. The number of halogens is 6. The van der Waals surface area contributed by atoms with E-state index >= 15 is 0 Å². The van der Waals surface area contributed by atoms with Gasteiger partial charge in [-0.15, -0.1) is 12.1 Å². The van der Waals surface area contributed by atoms with Crippen LogP contribution in [0.1, 0.15) is 28.8 Å². The van der Waals surface area contributed by atoms with E-state index in [1.165, 1.54) is 11.1 Å². The number of alkyl halides is 6. The van der Waals surface area contributed by atoms with Gasteiger partial charge in [-0.3, -0.25) is 0 Å². The van der Waals surface area contributed by atoms with Gasteiger partial charge in [-0.05, 0) is 30.2 Å². The summed E-state index contributed by atoms with van der Waals surface area (Å²) in [5.74, 6) is 0. The van der Waals surface area contributed by atoms with E-state index in [9.17, 15) is 8.42 Å². The van der Waals surface area contributed by atoms with Gasteiger partial charge in [0.1, 0.15) is 10.0 Å². The molecule has 0 aliphatic heterocycles. The second-order valence-corrected chi connectivity index (χ2v) is 15.0. The van der Waals surface area contributed by atoms with Crippen LogP contribution in [0.3, 0.4) is 0 Å². The van der Waals surface area contributed by atoms with Gasteiger partial charge in [0.15, 0.2) is 8.59 Å². The van der Waals surface area contributed by atoms with Crippen LogP contribution in [0.2, 0.25) is 0 Å². The van der Waals surface area contributed by atoms with Gasteiger partial charge in [0.05, 0.1) is 0 Å². The van der Waals surface area contributed by atoms with Crippen molar-refractivity contribution < 1.29 is 28.2 Å². The molecule has 12 heteroatoms. The zero-order valence-corrected chi connectivity index (χ0v) is 32.9. The van der Waals surface area contributed by atoms with E-state index < -0.39 is 30.7 Å². The molecule has 0 saturated carbocycles. The van der Waals surface area contributed by atoms with Crippen molar-refractivity contribution in [1.29, 1.82) is 0 Å². The average molecular weight is 948 g/mol. The Balaban J connectivity index is 0.000000433. The standard InChI is InChI=1S/C21H20N2O2S.C12H10.2CHCl3.Os/c1-16-12-14-19(15-13-16)26(24,25)23-21(18-10-6-3-7-11-18)20(22)17-8-4-2-5-9-17;1-3-7-11(8-4-1)12-9-5-2-6-10-12;2*2-1(3)4;/h2-15,20-22H,1H3;1-10H;2*1H;/q-2;;;;+2/t20-,21-;;;;/m0..../s1. The Bertz CT molecular complexity index is 1570. The van der Waals surface area contributed by atoms with Crippen LogP contribution >= 0.6 is 69.6 Å². The summed E-state index contributed by atoms with van der Waals surface area (Å²) in [7, 11) is -3.87. The van der Waals surface area contributed by atoms with Crippen LogP contribution in [0, 0.1) is 6.92 Å². The zero-order valence-electron chi connectivity index (χ0n) is 25.0. The molecule has 0 aliphatic rings. The van der Waals surface area contributed by atoms with Gasteiger partial charge in [0.25, 0.3) is 0 Å². The van der Waals surface area contributed by atoms with Crippen molar-refractivity contribution >= 4 is 79.6 Å². The van der Waals surface area contributed by atoms with Crippen LogP contribution in [-0.2, 0) is 29.8 Å². The van der Waals surface area contributed by atoms with Crippen molar-refractivity contribution in [3.05, 3.63) is 173 Å². The van der Waals surface area contributed by atoms with E-state index in [2.05, 4.69) is 53.3 Å². The Morgan fingerprint density at radius 2 is 0.851 bits per heavy atom. The van der Waals surface area contributed by atoms with Crippen LogP contribution in [0.5, 0.6) is 0 Å². The van der Waals surface area contributed by atoms with Crippen molar-refractivity contribution in [3.8, 4) is 11.1 Å². The van der Waals surface area contributed by atoms with Gasteiger partial charge in [0, 0.05) is 4.90 Å². The molecule has 4 nitrogen and oxygen atoms in total. The molecule has 1 N–H and O–H groups in total. The van der Waals surface area contributed by atoms with Crippen molar-refractivity contribution in [2.45, 2.75) is 32.5 Å². The molecule has 0 amide bonds. The maximum Gasteiger partial charge on any atom is 2.00 e. The summed E-state index contributed by atoms with van der Waals surface area (Å²) in [6.07, 6.45) is 0. The predicted molar refractivity (Wildman–Crippen MR) is 199 cm³/mol. The van der Waals surface area contributed by atoms with E-state index in [4.69, 9.17) is 75.3 Å². The Kier molecular flexibility index (Phi) is 21.8. The van der Waals surface area contributed by atoms with Crippen molar-refractivity contribution in [1.82, 2.24) is 0 Å².